The molecule has 20 heavy (non-hydrogen) atoms. The molecule has 1 heterocycles. The number of carbonyl (C=O) groups excluding carboxylic acids is 1. The number of hydrogen-bond donors (Lipinski definition) is 0. The molecule has 1 aliphatic heterocycles. The lowest BCUT2D eigenvalue weighted by Gasteiger charge is -2.31. The van der Waals surface area contributed by atoms with Gasteiger partial charge in [0.25, 0.3) is 0 Å². The fourth-order valence-electron chi connectivity index (χ4n) is 2.38. The number of rotatable bonds is 5. The molecule has 1 fully saturated rings. The number of ether oxygens (including phenoxy) is 2. The van der Waals surface area contributed by atoms with Crippen molar-refractivity contribution in [2.75, 3.05) is 19.7 Å². The molecule has 0 radical (unpaired) electrons. The van der Waals surface area contributed by atoms with Crippen molar-refractivity contribution < 1.29 is 14.3 Å². The second-order valence-electron chi connectivity index (χ2n) is 4.99. The molecule has 2 rings (SSSR count). The van der Waals surface area contributed by atoms with E-state index in [2.05, 4.69) is 6.58 Å². The van der Waals surface area contributed by atoms with Crippen molar-refractivity contribution in [3.05, 3.63) is 48.7 Å². The Labute approximate surface area is 120 Å². The summed E-state index contributed by atoms with van der Waals surface area (Å²) < 4.78 is 10.6. The van der Waals surface area contributed by atoms with Gasteiger partial charge in [-0.1, -0.05) is 36.9 Å². The molecule has 1 aromatic rings. The Morgan fingerprint density at radius 2 is 2.20 bits per heavy atom. The highest BCUT2D eigenvalue weighted by Gasteiger charge is 2.24. The van der Waals surface area contributed by atoms with E-state index >= 15 is 0 Å². The average Bonchev–Trinajstić information content (AvgIpc) is 2.52. The predicted octanol–water partition coefficient (Wildman–Crippen LogP) is 3.20. The standard InChI is InChI=1S/C16H21NO3/c1-2-19-12-15-9-6-10-17(11-15)16(18)20-13-14-7-4-3-5-8-14/h2-5,7-8,15H,1,6,9-13H2/t15-/m0/s1. The Bertz CT molecular complexity index is 433. The highest BCUT2D eigenvalue weighted by molar-refractivity contribution is 5.67. The van der Waals surface area contributed by atoms with Gasteiger partial charge in [0.05, 0.1) is 12.9 Å². The van der Waals surface area contributed by atoms with Gasteiger partial charge >= 0.3 is 6.09 Å². The summed E-state index contributed by atoms with van der Waals surface area (Å²) >= 11 is 0. The summed E-state index contributed by atoms with van der Waals surface area (Å²) in [6.45, 7) is 5.93. The van der Waals surface area contributed by atoms with E-state index in [4.69, 9.17) is 9.47 Å². The van der Waals surface area contributed by atoms with Crippen LogP contribution in [-0.4, -0.2) is 30.7 Å². The monoisotopic (exact) mass is 275 g/mol. The quantitative estimate of drug-likeness (QED) is 0.775. The second-order valence-corrected chi connectivity index (χ2v) is 4.99. The summed E-state index contributed by atoms with van der Waals surface area (Å²) in [5, 5.41) is 0. The van der Waals surface area contributed by atoms with Crippen LogP contribution in [0.1, 0.15) is 18.4 Å². The molecule has 1 aromatic carbocycles. The molecule has 0 saturated carbocycles. The normalized spacial score (nSPS) is 18.4. The Balaban J connectivity index is 1.78. The predicted molar refractivity (Wildman–Crippen MR) is 77.1 cm³/mol. The molecule has 1 amide bonds. The molecule has 0 unspecified atom stereocenters. The molecule has 1 aliphatic rings. The lowest BCUT2D eigenvalue weighted by Crippen LogP contribution is -2.41. The number of benzene rings is 1. The lowest BCUT2D eigenvalue weighted by molar-refractivity contribution is 0.0661. The molecule has 0 aromatic heterocycles. The van der Waals surface area contributed by atoms with Crippen LogP contribution in [0.25, 0.3) is 0 Å². The van der Waals surface area contributed by atoms with E-state index in [1.165, 1.54) is 6.26 Å². The third kappa shape index (κ3) is 4.30. The summed E-state index contributed by atoms with van der Waals surface area (Å²) in [7, 11) is 0. The molecule has 0 N–H and O–H groups in total. The molecule has 108 valence electrons. The zero-order valence-electron chi connectivity index (χ0n) is 11.7. The SMILES string of the molecule is C=COC[C@H]1CCCN(C(=O)OCc2ccccc2)C1. The first kappa shape index (κ1) is 14.4. The van der Waals surface area contributed by atoms with Crippen molar-refractivity contribution in [3.63, 3.8) is 0 Å². The molecule has 4 heteroatoms. The van der Waals surface area contributed by atoms with E-state index in [1.54, 1.807) is 4.90 Å². The third-order valence-electron chi connectivity index (χ3n) is 3.43. The van der Waals surface area contributed by atoms with Crippen LogP contribution in [0, 0.1) is 5.92 Å². The van der Waals surface area contributed by atoms with Crippen molar-refractivity contribution in [3.8, 4) is 0 Å². The Morgan fingerprint density at radius 3 is 2.95 bits per heavy atom. The van der Waals surface area contributed by atoms with Crippen LogP contribution in [0.4, 0.5) is 4.79 Å². The fourth-order valence-corrected chi connectivity index (χ4v) is 2.38. The van der Waals surface area contributed by atoms with Gasteiger partial charge in [-0.3, -0.25) is 0 Å². The van der Waals surface area contributed by atoms with Crippen LogP contribution in [0.5, 0.6) is 0 Å². The van der Waals surface area contributed by atoms with E-state index < -0.39 is 0 Å². The van der Waals surface area contributed by atoms with Crippen LogP contribution >= 0.6 is 0 Å². The van der Waals surface area contributed by atoms with Gasteiger partial charge < -0.3 is 14.4 Å². The molecular formula is C16H21NO3. The van der Waals surface area contributed by atoms with Crippen molar-refractivity contribution in [1.82, 2.24) is 4.90 Å². The van der Waals surface area contributed by atoms with Crippen molar-refractivity contribution in [2.45, 2.75) is 19.4 Å². The van der Waals surface area contributed by atoms with Crippen LogP contribution in [0.15, 0.2) is 43.2 Å². The maximum absolute atomic E-state index is 12.0. The van der Waals surface area contributed by atoms with Gasteiger partial charge in [0.15, 0.2) is 0 Å². The van der Waals surface area contributed by atoms with Gasteiger partial charge in [0.2, 0.25) is 0 Å². The zero-order valence-corrected chi connectivity index (χ0v) is 11.7. The first-order valence-electron chi connectivity index (χ1n) is 6.97. The Morgan fingerprint density at radius 1 is 1.40 bits per heavy atom. The molecule has 1 saturated heterocycles. The highest BCUT2D eigenvalue weighted by atomic mass is 16.6. The number of amides is 1. The average molecular weight is 275 g/mol. The van der Waals surface area contributed by atoms with E-state index in [0.717, 1.165) is 24.9 Å². The third-order valence-corrected chi connectivity index (χ3v) is 3.43. The van der Waals surface area contributed by atoms with E-state index in [1.807, 2.05) is 30.3 Å². The number of nitrogens with zero attached hydrogens (tertiary/aromatic N) is 1. The maximum atomic E-state index is 12.0. The summed E-state index contributed by atoms with van der Waals surface area (Å²) in [5.41, 5.74) is 1.00. The molecule has 0 aliphatic carbocycles. The van der Waals surface area contributed by atoms with E-state index in [0.29, 0.717) is 25.7 Å². The zero-order chi connectivity index (χ0) is 14.2. The molecule has 0 spiro atoms. The van der Waals surface area contributed by atoms with Gasteiger partial charge in [-0.25, -0.2) is 4.79 Å². The number of hydrogen-bond acceptors (Lipinski definition) is 3. The summed E-state index contributed by atoms with van der Waals surface area (Å²) in [4.78, 5) is 13.8. The Hall–Kier alpha value is -1.97. The van der Waals surface area contributed by atoms with Gasteiger partial charge in [0, 0.05) is 19.0 Å². The second kappa shape index (κ2) is 7.58. The molecular weight excluding hydrogens is 254 g/mol. The van der Waals surface area contributed by atoms with E-state index in [-0.39, 0.29) is 6.09 Å². The van der Waals surface area contributed by atoms with Gasteiger partial charge in [-0.2, -0.15) is 0 Å². The Kier molecular flexibility index (Phi) is 5.47. The molecule has 4 nitrogen and oxygen atoms in total. The van der Waals surface area contributed by atoms with Crippen molar-refractivity contribution in [1.29, 1.82) is 0 Å². The van der Waals surface area contributed by atoms with Crippen LogP contribution in [-0.2, 0) is 16.1 Å². The first-order valence-corrected chi connectivity index (χ1v) is 6.97. The molecule has 0 bridgehead atoms. The minimum absolute atomic E-state index is 0.239. The fraction of sp³-hybridized carbons (Fsp3) is 0.438. The minimum Gasteiger partial charge on any atom is -0.501 e. The number of carbonyl (C=O) groups is 1. The smallest absolute Gasteiger partial charge is 0.410 e. The lowest BCUT2D eigenvalue weighted by atomic mass is 9.99. The summed E-state index contributed by atoms with van der Waals surface area (Å²) in [5.74, 6) is 0.367. The van der Waals surface area contributed by atoms with Crippen molar-refractivity contribution in [2.24, 2.45) is 5.92 Å². The van der Waals surface area contributed by atoms with E-state index in [9.17, 15) is 4.79 Å². The summed E-state index contributed by atoms with van der Waals surface area (Å²) in [6, 6.07) is 9.72. The first-order chi connectivity index (χ1) is 9.79. The van der Waals surface area contributed by atoms with Gasteiger partial charge in [0.1, 0.15) is 6.61 Å². The summed E-state index contributed by atoms with van der Waals surface area (Å²) in [6.07, 6.45) is 3.28. The maximum Gasteiger partial charge on any atom is 0.410 e. The van der Waals surface area contributed by atoms with Crippen molar-refractivity contribution >= 4 is 6.09 Å². The van der Waals surface area contributed by atoms with Crippen LogP contribution in [0.3, 0.4) is 0 Å². The number of piperidine rings is 1. The van der Waals surface area contributed by atoms with Gasteiger partial charge in [-0.05, 0) is 18.4 Å². The number of likely N-dealkylation sites (tertiary alicyclic amines) is 1. The topological polar surface area (TPSA) is 38.8 Å². The van der Waals surface area contributed by atoms with Crippen LogP contribution < -0.4 is 0 Å². The molecule has 1 atom stereocenters. The van der Waals surface area contributed by atoms with Crippen LogP contribution in [0.2, 0.25) is 0 Å². The largest absolute Gasteiger partial charge is 0.501 e. The minimum atomic E-state index is -0.239. The highest BCUT2D eigenvalue weighted by Crippen LogP contribution is 2.18. The van der Waals surface area contributed by atoms with Gasteiger partial charge in [-0.15, -0.1) is 0 Å².